The van der Waals surface area contributed by atoms with E-state index >= 15 is 0 Å². The zero-order valence-corrected chi connectivity index (χ0v) is 14.7. The first-order chi connectivity index (χ1) is 11.5. The molecule has 1 aliphatic heterocycles. The van der Waals surface area contributed by atoms with E-state index in [2.05, 4.69) is 27.2 Å². The Kier molecular flexibility index (Phi) is 3.63. The van der Waals surface area contributed by atoms with Gasteiger partial charge in [0.25, 0.3) is 5.91 Å². The molecule has 0 radical (unpaired) electrons. The molecule has 7 nitrogen and oxygen atoms in total. The largest absolute Gasteiger partial charge is 0.480 e. The number of amides is 1. The van der Waals surface area contributed by atoms with Crippen LogP contribution in [0.5, 0.6) is 5.88 Å². The molecule has 3 fully saturated rings. The minimum absolute atomic E-state index is 0.133. The number of carbonyl (C=O) groups is 1. The molecule has 0 spiro atoms. The van der Waals surface area contributed by atoms with Crippen molar-refractivity contribution in [2.24, 2.45) is 17.8 Å². The van der Waals surface area contributed by atoms with Crippen LogP contribution in [-0.2, 0) is 0 Å². The van der Waals surface area contributed by atoms with Crippen LogP contribution in [0.3, 0.4) is 0 Å². The standard InChI is InChI=1S/C17H25N5O2/c1-21(2)17-18-7-12(16(20-17)24-4)15(23)19-13-9-5-10-8-22(3)14(13)11(10)6-9/h7,9-11,13-14H,5-6,8H2,1-4H3,(H,19,23). The van der Waals surface area contributed by atoms with Crippen molar-refractivity contribution in [1.29, 1.82) is 0 Å². The number of anilines is 1. The summed E-state index contributed by atoms with van der Waals surface area (Å²) in [5.74, 6) is 2.90. The number of nitrogens with zero attached hydrogens (tertiary/aromatic N) is 4. The zero-order valence-electron chi connectivity index (χ0n) is 14.7. The molecule has 1 aromatic rings. The van der Waals surface area contributed by atoms with Gasteiger partial charge in [0.05, 0.1) is 7.11 Å². The minimum atomic E-state index is -0.133. The van der Waals surface area contributed by atoms with Crippen LogP contribution >= 0.6 is 0 Å². The predicted molar refractivity (Wildman–Crippen MR) is 90.3 cm³/mol. The normalized spacial score (nSPS) is 33.8. The molecule has 130 valence electrons. The van der Waals surface area contributed by atoms with Gasteiger partial charge < -0.3 is 19.9 Å². The lowest BCUT2D eigenvalue weighted by Crippen LogP contribution is -2.50. The van der Waals surface area contributed by atoms with Gasteiger partial charge in [0, 0.05) is 38.9 Å². The molecule has 1 amide bonds. The van der Waals surface area contributed by atoms with Gasteiger partial charge in [-0.3, -0.25) is 4.79 Å². The number of methoxy groups -OCH3 is 1. The third kappa shape index (κ3) is 2.25. The summed E-state index contributed by atoms with van der Waals surface area (Å²) >= 11 is 0. The van der Waals surface area contributed by atoms with Gasteiger partial charge in [-0.2, -0.15) is 4.98 Å². The predicted octanol–water partition coefficient (Wildman–Crippen LogP) is 0.620. The number of likely N-dealkylation sites (N-methyl/N-ethyl adjacent to an activating group) is 1. The van der Waals surface area contributed by atoms with Crippen molar-refractivity contribution in [3.8, 4) is 5.88 Å². The van der Waals surface area contributed by atoms with Gasteiger partial charge >= 0.3 is 0 Å². The lowest BCUT2D eigenvalue weighted by Gasteiger charge is -2.31. The number of aromatic nitrogens is 2. The molecule has 24 heavy (non-hydrogen) atoms. The van der Waals surface area contributed by atoms with E-state index in [1.165, 1.54) is 26.5 Å². The van der Waals surface area contributed by atoms with Crippen molar-refractivity contribution in [3.05, 3.63) is 11.8 Å². The average molecular weight is 331 g/mol. The second-order valence-electron chi connectivity index (χ2n) is 7.57. The Morgan fingerprint density at radius 3 is 2.88 bits per heavy atom. The van der Waals surface area contributed by atoms with Crippen LogP contribution < -0.4 is 15.0 Å². The van der Waals surface area contributed by atoms with E-state index in [9.17, 15) is 4.79 Å². The van der Waals surface area contributed by atoms with Crippen LogP contribution in [0, 0.1) is 17.8 Å². The number of likely N-dealkylation sites (tertiary alicyclic amines) is 1. The highest BCUT2D eigenvalue weighted by atomic mass is 16.5. The molecule has 2 bridgehead atoms. The van der Waals surface area contributed by atoms with Gasteiger partial charge in [-0.15, -0.1) is 0 Å². The van der Waals surface area contributed by atoms with Gasteiger partial charge in [0.2, 0.25) is 11.8 Å². The first kappa shape index (κ1) is 15.6. The summed E-state index contributed by atoms with van der Waals surface area (Å²) in [6, 6.07) is 0.704. The van der Waals surface area contributed by atoms with Crippen molar-refractivity contribution in [2.75, 3.05) is 39.7 Å². The van der Waals surface area contributed by atoms with Crippen molar-refractivity contribution in [2.45, 2.75) is 24.9 Å². The Labute approximate surface area is 142 Å². The van der Waals surface area contributed by atoms with Crippen LogP contribution in [0.25, 0.3) is 0 Å². The molecule has 2 aliphatic carbocycles. The topological polar surface area (TPSA) is 70.6 Å². The van der Waals surface area contributed by atoms with E-state index in [0.29, 0.717) is 29.4 Å². The van der Waals surface area contributed by atoms with Crippen molar-refractivity contribution < 1.29 is 9.53 Å². The molecule has 1 N–H and O–H groups in total. The van der Waals surface area contributed by atoms with Gasteiger partial charge in [-0.1, -0.05) is 0 Å². The number of ether oxygens (including phenoxy) is 1. The maximum Gasteiger partial charge on any atom is 0.258 e. The molecule has 2 heterocycles. The van der Waals surface area contributed by atoms with Crippen molar-refractivity contribution in [3.63, 3.8) is 0 Å². The molecule has 3 aliphatic rings. The number of carbonyl (C=O) groups excluding carboxylic acids is 1. The molecule has 5 unspecified atom stereocenters. The molecular formula is C17H25N5O2. The molecule has 7 heteroatoms. The maximum atomic E-state index is 12.8. The number of hydrogen-bond acceptors (Lipinski definition) is 6. The summed E-state index contributed by atoms with van der Waals surface area (Å²) in [6.07, 6.45) is 4.05. The second-order valence-corrected chi connectivity index (χ2v) is 7.57. The van der Waals surface area contributed by atoms with E-state index in [1.807, 2.05) is 14.1 Å². The molecule has 1 saturated heterocycles. The zero-order chi connectivity index (χ0) is 17.0. The molecule has 5 atom stereocenters. The number of hydrogen-bond donors (Lipinski definition) is 1. The van der Waals surface area contributed by atoms with Crippen molar-refractivity contribution in [1.82, 2.24) is 20.2 Å². The summed E-state index contributed by atoms with van der Waals surface area (Å²) in [4.78, 5) is 25.6. The summed E-state index contributed by atoms with van der Waals surface area (Å²) in [5.41, 5.74) is 0.406. The fourth-order valence-corrected chi connectivity index (χ4v) is 5.08. The quantitative estimate of drug-likeness (QED) is 0.872. The molecular weight excluding hydrogens is 306 g/mol. The van der Waals surface area contributed by atoms with Crippen LogP contribution in [0.2, 0.25) is 0 Å². The van der Waals surface area contributed by atoms with E-state index in [0.717, 1.165) is 11.8 Å². The Bertz CT molecular complexity index is 662. The van der Waals surface area contributed by atoms with Gasteiger partial charge in [0.15, 0.2) is 0 Å². The highest BCUT2D eigenvalue weighted by molar-refractivity contribution is 5.96. The van der Waals surface area contributed by atoms with Crippen LogP contribution in [0.15, 0.2) is 6.20 Å². The van der Waals surface area contributed by atoms with Crippen LogP contribution in [-0.4, -0.2) is 67.7 Å². The van der Waals surface area contributed by atoms with Gasteiger partial charge in [0.1, 0.15) is 5.56 Å². The molecule has 4 rings (SSSR count). The maximum absolute atomic E-state index is 12.8. The number of fused-ring (bicyclic) bond motifs is 1. The van der Waals surface area contributed by atoms with Crippen LogP contribution in [0.4, 0.5) is 5.95 Å². The SMILES string of the molecule is COc1nc(N(C)C)ncc1C(=O)NC1C2CC3CN(C)C1C3C2. The Morgan fingerprint density at radius 1 is 1.38 bits per heavy atom. The third-order valence-electron chi connectivity index (χ3n) is 6.01. The lowest BCUT2D eigenvalue weighted by atomic mass is 9.86. The number of rotatable bonds is 4. The Hall–Kier alpha value is -1.89. The smallest absolute Gasteiger partial charge is 0.258 e. The summed E-state index contributed by atoms with van der Waals surface area (Å²) in [6.45, 7) is 1.17. The fourth-order valence-electron chi connectivity index (χ4n) is 5.08. The lowest BCUT2D eigenvalue weighted by molar-refractivity contribution is 0.0894. The second kappa shape index (κ2) is 5.58. The van der Waals surface area contributed by atoms with Gasteiger partial charge in [-0.05, 0) is 37.6 Å². The van der Waals surface area contributed by atoms with Crippen LogP contribution in [0.1, 0.15) is 23.2 Å². The first-order valence-corrected chi connectivity index (χ1v) is 8.59. The minimum Gasteiger partial charge on any atom is -0.480 e. The summed E-state index contributed by atoms with van der Waals surface area (Å²) < 4.78 is 5.32. The first-order valence-electron chi connectivity index (χ1n) is 8.59. The van der Waals surface area contributed by atoms with E-state index < -0.39 is 0 Å². The molecule has 2 saturated carbocycles. The Morgan fingerprint density at radius 2 is 2.17 bits per heavy atom. The van der Waals surface area contributed by atoms with E-state index in [-0.39, 0.29) is 11.9 Å². The van der Waals surface area contributed by atoms with Gasteiger partial charge in [-0.25, -0.2) is 4.98 Å². The molecule has 1 aromatic heterocycles. The highest BCUT2D eigenvalue weighted by Crippen LogP contribution is 2.54. The highest BCUT2D eigenvalue weighted by Gasteiger charge is 2.58. The Balaban J connectivity index is 1.55. The summed E-state index contributed by atoms with van der Waals surface area (Å²) in [5, 5.41) is 3.25. The van der Waals surface area contributed by atoms with Crippen molar-refractivity contribution >= 4 is 11.9 Å². The molecule has 0 aromatic carbocycles. The monoisotopic (exact) mass is 331 g/mol. The third-order valence-corrected chi connectivity index (χ3v) is 6.01. The fraction of sp³-hybridized carbons (Fsp3) is 0.706. The van der Waals surface area contributed by atoms with E-state index in [1.54, 1.807) is 11.1 Å². The van der Waals surface area contributed by atoms with E-state index in [4.69, 9.17) is 4.74 Å². The number of nitrogens with one attached hydrogen (secondary N) is 1. The average Bonchev–Trinajstić information content (AvgIpc) is 3.17. The summed E-state index contributed by atoms with van der Waals surface area (Å²) in [7, 11) is 7.43.